The fraction of sp³-hybridized carbons (Fsp3) is 0.391. The summed E-state index contributed by atoms with van der Waals surface area (Å²) in [5.74, 6) is 0.0140. The van der Waals surface area contributed by atoms with E-state index in [0.717, 1.165) is 30.6 Å². The molecule has 0 aliphatic heterocycles. The zero-order valence-electron chi connectivity index (χ0n) is 17.1. The largest absolute Gasteiger partial charge is 0.493 e. The maximum atomic E-state index is 12.9. The van der Waals surface area contributed by atoms with Crippen LogP contribution >= 0.6 is 11.3 Å². The summed E-state index contributed by atoms with van der Waals surface area (Å²) in [5.41, 5.74) is -0.524. The van der Waals surface area contributed by atoms with Gasteiger partial charge < -0.3 is 19.6 Å². The average Bonchev–Trinajstić information content (AvgIpc) is 3.41. The molecule has 1 fully saturated rings. The van der Waals surface area contributed by atoms with E-state index in [1.54, 1.807) is 42.5 Å². The molecule has 0 bridgehead atoms. The molecule has 1 amide bonds. The molecule has 1 saturated carbocycles. The molecule has 7 heteroatoms. The van der Waals surface area contributed by atoms with Crippen molar-refractivity contribution in [3.05, 3.63) is 62.1 Å². The van der Waals surface area contributed by atoms with Crippen LogP contribution in [0.5, 0.6) is 5.75 Å². The number of rotatable bonds is 6. The first-order valence-corrected chi connectivity index (χ1v) is 10.9. The molecule has 2 aromatic heterocycles. The first-order chi connectivity index (χ1) is 14.4. The number of ether oxygens (including phenoxy) is 1. The predicted octanol–water partition coefficient (Wildman–Crippen LogP) is 4.16. The van der Waals surface area contributed by atoms with Gasteiger partial charge >= 0.3 is 5.63 Å². The van der Waals surface area contributed by atoms with E-state index < -0.39 is 17.6 Å². The molecule has 1 aromatic carbocycles. The van der Waals surface area contributed by atoms with Crippen molar-refractivity contribution in [3.8, 4) is 5.75 Å². The van der Waals surface area contributed by atoms with Gasteiger partial charge in [-0.05, 0) is 44.0 Å². The number of fused-ring (bicyclic) bond motifs is 1. The third-order valence-corrected chi connectivity index (χ3v) is 7.40. The first kappa shape index (κ1) is 20.6. The SMILES string of the molecule is COc1cccc2cc(C(=O)NCC3(c4ccc(C(C)O)s4)CCCC3)c(=O)oc12. The Kier molecular flexibility index (Phi) is 5.66. The molecule has 0 spiro atoms. The van der Waals surface area contributed by atoms with Gasteiger partial charge in [-0.1, -0.05) is 25.0 Å². The number of nitrogens with one attached hydrogen (secondary N) is 1. The van der Waals surface area contributed by atoms with Gasteiger partial charge in [0, 0.05) is 27.1 Å². The number of para-hydroxylation sites is 1. The molecule has 0 saturated heterocycles. The minimum atomic E-state index is -0.683. The van der Waals surface area contributed by atoms with Crippen molar-refractivity contribution in [1.29, 1.82) is 0 Å². The molecular formula is C23H25NO5S. The Morgan fingerprint density at radius 2 is 2.07 bits per heavy atom. The van der Waals surface area contributed by atoms with Crippen LogP contribution in [0.1, 0.15) is 58.8 Å². The Morgan fingerprint density at radius 1 is 1.30 bits per heavy atom. The summed E-state index contributed by atoms with van der Waals surface area (Å²) >= 11 is 1.60. The topological polar surface area (TPSA) is 88.8 Å². The Balaban J connectivity index is 1.58. The molecule has 2 N–H and O–H groups in total. The maximum absolute atomic E-state index is 12.9. The van der Waals surface area contributed by atoms with Gasteiger partial charge in [0.2, 0.25) is 0 Å². The van der Waals surface area contributed by atoms with Gasteiger partial charge in [0.25, 0.3) is 5.91 Å². The summed E-state index contributed by atoms with van der Waals surface area (Å²) < 4.78 is 10.6. The summed E-state index contributed by atoms with van der Waals surface area (Å²) in [4.78, 5) is 27.4. The third-order valence-electron chi connectivity index (χ3n) is 5.90. The summed E-state index contributed by atoms with van der Waals surface area (Å²) in [6, 6.07) is 10.8. The molecule has 3 aromatic rings. The highest BCUT2D eigenvalue weighted by molar-refractivity contribution is 7.12. The Morgan fingerprint density at radius 3 is 2.73 bits per heavy atom. The van der Waals surface area contributed by atoms with Crippen LogP contribution in [0.15, 0.2) is 45.6 Å². The molecule has 6 nitrogen and oxygen atoms in total. The summed E-state index contributed by atoms with van der Waals surface area (Å²) in [7, 11) is 1.50. The Labute approximate surface area is 178 Å². The lowest BCUT2D eigenvalue weighted by Gasteiger charge is -2.28. The molecule has 4 rings (SSSR count). The van der Waals surface area contributed by atoms with Gasteiger partial charge in [-0.3, -0.25) is 4.79 Å². The normalized spacial score (nSPS) is 16.5. The van der Waals surface area contributed by atoms with Crippen molar-refractivity contribution >= 4 is 28.2 Å². The van der Waals surface area contributed by atoms with Crippen molar-refractivity contribution < 1.29 is 19.1 Å². The second-order valence-electron chi connectivity index (χ2n) is 7.87. The van der Waals surface area contributed by atoms with Crippen LogP contribution in [0.3, 0.4) is 0 Å². The van der Waals surface area contributed by atoms with E-state index in [1.807, 2.05) is 6.07 Å². The molecule has 2 heterocycles. The van der Waals surface area contributed by atoms with Crippen LogP contribution in [0.2, 0.25) is 0 Å². The average molecular weight is 428 g/mol. The number of aliphatic hydroxyl groups is 1. The second-order valence-corrected chi connectivity index (χ2v) is 8.99. The van der Waals surface area contributed by atoms with Crippen LogP contribution in [0.25, 0.3) is 11.0 Å². The fourth-order valence-electron chi connectivity index (χ4n) is 4.21. The highest BCUT2D eigenvalue weighted by Crippen LogP contribution is 2.44. The van der Waals surface area contributed by atoms with Crippen molar-refractivity contribution in [3.63, 3.8) is 0 Å². The third kappa shape index (κ3) is 3.75. The smallest absolute Gasteiger partial charge is 0.349 e. The summed E-state index contributed by atoms with van der Waals surface area (Å²) in [6.45, 7) is 2.20. The van der Waals surface area contributed by atoms with E-state index in [0.29, 0.717) is 23.3 Å². The number of thiophene rings is 1. The lowest BCUT2D eigenvalue weighted by atomic mass is 9.84. The number of hydrogen-bond acceptors (Lipinski definition) is 6. The van der Waals surface area contributed by atoms with Crippen molar-refractivity contribution in [1.82, 2.24) is 5.32 Å². The quantitative estimate of drug-likeness (QED) is 0.577. The highest BCUT2D eigenvalue weighted by Gasteiger charge is 2.37. The molecular weight excluding hydrogens is 402 g/mol. The van der Waals surface area contributed by atoms with Gasteiger partial charge in [-0.15, -0.1) is 11.3 Å². The van der Waals surface area contributed by atoms with Crippen LogP contribution in [-0.2, 0) is 5.41 Å². The molecule has 1 aliphatic rings. The van der Waals surface area contributed by atoms with Gasteiger partial charge in [-0.2, -0.15) is 0 Å². The van der Waals surface area contributed by atoms with Gasteiger partial charge in [-0.25, -0.2) is 4.79 Å². The van der Waals surface area contributed by atoms with Gasteiger partial charge in [0.05, 0.1) is 13.2 Å². The number of carbonyl (C=O) groups is 1. The van der Waals surface area contributed by atoms with Crippen LogP contribution in [-0.4, -0.2) is 24.7 Å². The van der Waals surface area contributed by atoms with Crippen molar-refractivity contribution in [2.45, 2.75) is 44.1 Å². The molecule has 1 atom stereocenters. The van der Waals surface area contributed by atoms with Crippen LogP contribution < -0.4 is 15.7 Å². The molecule has 1 aliphatic carbocycles. The van der Waals surface area contributed by atoms with Crippen molar-refractivity contribution in [2.75, 3.05) is 13.7 Å². The molecule has 158 valence electrons. The lowest BCUT2D eigenvalue weighted by molar-refractivity contribution is 0.0940. The van der Waals surface area contributed by atoms with Crippen molar-refractivity contribution in [2.24, 2.45) is 0 Å². The number of benzene rings is 1. The van der Waals surface area contributed by atoms with E-state index >= 15 is 0 Å². The monoisotopic (exact) mass is 427 g/mol. The van der Waals surface area contributed by atoms with E-state index in [9.17, 15) is 14.7 Å². The van der Waals surface area contributed by atoms with E-state index in [2.05, 4.69) is 11.4 Å². The lowest BCUT2D eigenvalue weighted by Crippen LogP contribution is -2.39. The highest BCUT2D eigenvalue weighted by atomic mass is 32.1. The minimum absolute atomic E-state index is 0.0141. The van der Waals surface area contributed by atoms with Crippen LogP contribution in [0, 0.1) is 0 Å². The van der Waals surface area contributed by atoms with Crippen LogP contribution in [0.4, 0.5) is 0 Å². The molecule has 1 unspecified atom stereocenters. The second kappa shape index (κ2) is 8.24. The number of amides is 1. The van der Waals surface area contributed by atoms with E-state index in [4.69, 9.17) is 9.15 Å². The summed E-state index contributed by atoms with van der Waals surface area (Å²) in [5, 5.41) is 13.5. The first-order valence-electron chi connectivity index (χ1n) is 10.1. The fourth-order valence-corrected chi connectivity index (χ4v) is 5.40. The van der Waals surface area contributed by atoms with Gasteiger partial charge in [0.1, 0.15) is 5.56 Å². The zero-order chi connectivity index (χ0) is 21.3. The Hall–Kier alpha value is -2.64. The van der Waals surface area contributed by atoms with E-state index in [1.165, 1.54) is 12.0 Å². The zero-order valence-corrected chi connectivity index (χ0v) is 17.9. The molecule has 30 heavy (non-hydrogen) atoms. The Bertz CT molecular complexity index is 1120. The van der Waals surface area contributed by atoms with Gasteiger partial charge in [0.15, 0.2) is 11.3 Å². The number of aliphatic hydroxyl groups excluding tert-OH is 1. The standard InChI is InChI=1S/C23H25NO5S/c1-14(25)18-8-9-19(30-18)23(10-3-4-11-23)13-24-21(26)16-12-15-6-5-7-17(28-2)20(15)29-22(16)27/h5-9,12,14,25H,3-4,10-11,13H2,1-2H3,(H,24,26). The number of methoxy groups -OCH3 is 1. The molecule has 0 radical (unpaired) electrons. The maximum Gasteiger partial charge on any atom is 0.349 e. The van der Waals surface area contributed by atoms with E-state index in [-0.39, 0.29) is 11.0 Å². The number of carbonyl (C=O) groups excluding carboxylic acids is 1. The minimum Gasteiger partial charge on any atom is -0.493 e. The predicted molar refractivity (Wildman–Crippen MR) is 116 cm³/mol. The number of hydrogen-bond donors (Lipinski definition) is 2. The summed E-state index contributed by atoms with van der Waals surface area (Å²) in [6.07, 6.45) is 3.62.